The van der Waals surface area contributed by atoms with E-state index < -0.39 is 5.97 Å². The molecule has 3 nitrogen and oxygen atoms in total. The smallest absolute Gasteiger partial charge is 0.545 e. The standard InChI is InChI=1S/C6H4ClNO2.Na/c7-5-4(6(9)10)2-1-3-8-5;/h1-3H,(H,9,10);/q;+1/p-1. The molecular formula is C6H3ClNNaO2. The molecule has 0 unspecified atom stereocenters. The minimum Gasteiger partial charge on any atom is -0.545 e. The number of carbonyl (C=O) groups excluding carboxylic acids is 1. The Morgan fingerprint density at radius 2 is 2.27 bits per heavy atom. The zero-order chi connectivity index (χ0) is 7.56. The molecule has 0 saturated carbocycles. The Morgan fingerprint density at radius 3 is 2.64 bits per heavy atom. The van der Waals surface area contributed by atoms with E-state index in [1.807, 2.05) is 0 Å². The number of nitrogens with zero attached hydrogens (tertiary/aromatic N) is 1. The summed E-state index contributed by atoms with van der Waals surface area (Å²) in [6, 6.07) is 2.82. The van der Waals surface area contributed by atoms with Crippen molar-refractivity contribution in [2.24, 2.45) is 0 Å². The summed E-state index contributed by atoms with van der Waals surface area (Å²) in [5.74, 6) is -1.31. The number of carbonyl (C=O) groups is 1. The number of halogens is 1. The van der Waals surface area contributed by atoms with Crippen molar-refractivity contribution < 1.29 is 39.5 Å². The van der Waals surface area contributed by atoms with Crippen LogP contribution in [0, 0.1) is 0 Å². The number of aromatic carboxylic acids is 1. The predicted molar refractivity (Wildman–Crippen MR) is 33.6 cm³/mol. The van der Waals surface area contributed by atoms with Crippen molar-refractivity contribution in [1.29, 1.82) is 0 Å². The molecule has 5 heteroatoms. The third kappa shape index (κ3) is 2.79. The van der Waals surface area contributed by atoms with E-state index in [0.29, 0.717) is 0 Å². The van der Waals surface area contributed by atoms with Crippen LogP contribution in [0.4, 0.5) is 0 Å². The average molecular weight is 180 g/mol. The van der Waals surface area contributed by atoms with Gasteiger partial charge in [0.1, 0.15) is 5.15 Å². The van der Waals surface area contributed by atoms with E-state index in [9.17, 15) is 9.90 Å². The third-order valence-corrected chi connectivity index (χ3v) is 1.28. The number of carboxylic acids is 1. The van der Waals surface area contributed by atoms with E-state index in [4.69, 9.17) is 11.6 Å². The fourth-order valence-corrected chi connectivity index (χ4v) is 0.735. The first-order valence-corrected chi connectivity index (χ1v) is 2.91. The summed E-state index contributed by atoms with van der Waals surface area (Å²) < 4.78 is 0. The SMILES string of the molecule is O=C([O-])c1cccnc1Cl.[Na+]. The van der Waals surface area contributed by atoms with Crippen molar-refractivity contribution in [2.45, 2.75) is 0 Å². The van der Waals surface area contributed by atoms with Gasteiger partial charge in [-0.25, -0.2) is 4.98 Å². The van der Waals surface area contributed by atoms with E-state index in [1.54, 1.807) is 0 Å². The van der Waals surface area contributed by atoms with Crippen LogP contribution < -0.4 is 34.7 Å². The number of hydrogen-bond acceptors (Lipinski definition) is 3. The number of hydrogen-bond donors (Lipinski definition) is 0. The van der Waals surface area contributed by atoms with Crippen molar-refractivity contribution in [3.8, 4) is 0 Å². The van der Waals surface area contributed by atoms with Gasteiger partial charge >= 0.3 is 29.6 Å². The molecule has 0 saturated heterocycles. The van der Waals surface area contributed by atoms with Gasteiger partial charge in [0.2, 0.25) is 0 Å². The summed E-state index contributed by atoms with van der Waals surface area (Å²) in [6.07, 6.45) is 1.41. The predicted octanol–water partition coefficient (Wildman–Crippen LogP) is -2.90. The van der Waals surface area contributed by atoms with Crippen LogP contribution in [-0.2, 0) is 0 Å². The molecule has 0 bridgehead atoms. The fourth-order valence-electron chi connectivity index (χ4n) is 0.538. The van der Waals surface area contributed by atoms with Gasteiger partial charge in [-0.3, -0.25) is 0 Å². The van der Waals surface area contributed by atoms with Crippen LogP contribution >= 0.6 is 11.6 Å². The normalized spacial score (nSPS) is 8.45. The summed E-state index contributed by atoms with van der Waals surface area (Å²) in [5, 5.41) is 10.1. The molecule has 0 amide bonds. The van der Waals surface area contributed by atoms with Crippen LogP contribution in [0.5, 0.6) is 0 Å². The number of aromatic nitrogens is 1. The Labute approximate surface area is 90.7 Å². The molecule has 0 fully saturated rings. The van der Waals surface area contributed by atoms with Crippen LogP contribution in [0.1, 0.15) is 10.4 Å². The summed E-state index contributed by atoms with van der Waals surface area (Å²) in [7, 11) is 0. The van der Waals surface area contributed by atoms with Crippen molar-refractivity contribution in [2.75, 3.05) is 0 Å². The summed E-state index contributed by atoms with van der Waals surface area (Å²) in [6.45, 7) is 0. The minimum absolute atomic E-state index is 0. The molecule has 0 aliphatic rings. The van der Waals surface area contributed by atoms with E-state index in [-0.39, 0.29) is 40.3 Å². The number of pyridine rings is 1. The maximum absolute atomic E-state index is 10.2. The first-order valence-electron chi connectivity index (χ1n) is 2.53. The first-order chi connectivity index (χ1) is 4.72. The Balaban J connectivity index is 0.000001000. The van der Waals surface area contributed by atoms with Gasteiger partial charge in [0.25, 0.3) is 0 Å². The van der Waals surface area contributed by atoms with E-state index in [1.165, 1.54) is 18.3 Å². The number of rotatable bonds is 1. The number of carboxylic acid groups (broad SMARTS) is 1. The summed E-state index contributed by atoms with van der Waals surface area (Å²) >= 11 is 5.39. The molecule has 1 aromatic heterocycles. The third-order valence-electron chi connectivity index (χ3n) is 0.979. The summed E-state index contributed by atoms with van der Waals surface area (Å²) in [5.41, 5.74) is -0.0795. The van der Waals surface area contributed by atoms with Crippen LogP contribution in [-0.4, -0.2) is 11.0 Å². The first kappa shape index (κ1) is 10.9. The van der Waals surface area contributed by atoms with Crippen LogP contribution in [0.3, 0.4) is 0 Å². The van der Waals surface area contributed by atoms with E-state index >= 15 is 0 Å². The van der Waals surface area contributed by atoms with Gasteiger partial charge < -0.3 is 9.90 Å². The Morgan fingerprint density at radius 1 is 1.64 bits per heavy atom. The molecule has 52 valence electrons. The van der Waals surface area contributed by atoms with Crippen LogP contribution in [0.25, 0.3) is 0 Å². The van der Waals surface area contributed by atoms with Crippen molar-refractivity contribution in [3.63, 3.8) is 0 Å². The van der Waals surface area contributed by atoms with Crippen molar-refractivity contribution in [3.05, 3.63) is 29.0 Å². The largest absolute Gasteiger partial charge is 1.00 e. The zero-order valence-corrected chi connectivity index (χ0v) is 8.63. The minimum atomic E-state index is -1.31. The molecule has 0 radical (unpaired) electrons. The molecule has 1 rings (SSSR count). The fraction of sp³-hybridized carbons (Fsp3) is 0. The summed E-state index contributed by atoms with van der Waals surface area (Å²) in [4.78, 5) is 13.7. The molecule has 0 spiro atoms. The Bertz CT molecular complexity index is 267. The molecule has 0 aliphatic carbocycles. The van der Waals surface area contributed by atoms with Gasteiger partial charge in [0.15, 0.2) is 0 Å². The maximum atomic E-state index is 10.2. The van der Waals surface area contributed by atoms with Gasteiger partial charge in [-0.1, -0.05) is 11.6 Å². The van der Waals surface area contributed by atoms with Gasteiger partial charge in [-0.05, 0) is 12.1 Å². The van der Waals surface area contributed by atoms with E-state index in [2.05, 4.69) is 4.98 Å². The van der Waals surface area contributed by atoms with Crippen LogP contribution in [0.15, 0.2) is 18.3 Å². The monoisotopic (exact) mass is 179 g/mol. The topological polar surface area (TPSA) is 53.0 Å². The molecule has 0 N–H and O–H groups in total. The molecule has 0 aromatic carbocycles. The van der Waals surface area contributed by atoms with Gasteiger partial charge in [0.05, 0.1) is 5.97 Å². The average Bonchev–Trinajstić information content (AvgIpc) is 1.88. The van der Waals surface area contributed by atoms with Gasteiger partial charge in [0, 0.05) is 11.8 Å². The quantitative estimate of drug-likeness (QED) is 0.343. The molecule has 0 aliphatic heterocycles. The second kappa shape index (κ2) is 4.72. The molecule has 0 atom stereocenters. The second-order valence-corrected chi connectivity index (χ2v) is 1.99. The molecular weight excluding hydrogens is 177 g/mol. The van der Waals surface area contributed by atoms with Crippen LogP contribution in [0.2, 0.25) is 5.15 Å². The molecule has 1 heterocycles. The van der Waals surface area contributed by atoms with Gasteiger partial charge in [-0.2, -0.15) is 0 Å². The molecule has 1 aromatic rings. The van der Waals surface area contributed by atoms with E-state index in [0.717, 1.165) is 0 Å². The van der Waals surface area contributed by atoms with Crippen molar-refractivity contribution in [1.82, 2.24) is 4.98 Å². The molecule has 11 heavy (non-hydrogen) atoms. The Kier molecular flexibility index (Phi) is 4.68. The zero-order valence-electron chi connectivity index (χ0n) is 5.87. The second-order valence-electron chi connectivity index (χ2n) is 1.63. The van der Waals surface area contributed by atoms with Crippen molar-refractivity contribution >= 4 is 17.6 Å². The maximum Gasteiger partial charge on any atom is 1.00 e. The van der Waals surface area contributed by atoms with Gasteiger partial charge in [-0.15, -0.1) is 0 Å². The Hall–Kier alpha value is -0.0900.